The maximum Gasteiger partial charge on any atom is 0.0709 e. The van der Waals surface area contributed by atoms with Crippen LogP contribution < -0.4 is 5.32 Å². The van der Waals surface area contributed by atoms with Crippen molar-refractivity contribution in [3.05, 3.63) is 30.0 Å². The van der Waals surface area contributed by atoms with E-state index in [1.807, 2.05) is 4.68 Å². The Morgan fingerprint density at radius 1 is 1.33 bits per heavy atom. The molecule has 21 heavy (non-hydrogen) atoms. The average Bonchev–Trinajstić information content (AvgIpc) is 3.15. The molecule has 0 amide bonds. The Morgan fingerprint density at radius 3 is 2.90 bits per heavy atom. The fraction of sp³-hybridized carbons (Fsp3) is 0.611. The molecular weight excluding hydrogens is 258 g/mol. The first kappa shape index (κ1) is 13.3. The van der Waals surface area contributed by atoms with Crippen molar-refractivity contribution >= 4 is 10.9 Å². The third-order valence-electron chi connectivity index (χ3n) is 5.99. The van der Waals surface area contributed by atoms with Gasteiger partial charge >= 0.3 is 0 Å². The normalized spacial score (nSPS) is 31.3. The minimum absolute atomic E-state index is 0.439. The molecule has 3 nitrogen and oxygen atoms in total. The Balaban J connectivity index is 1.72. The molecule has 3 heteroatoms. The van der Waals surface area contributed by atoms with Gasteiger partial charge in [-0.3, -0.25) is 4.68 Å². The van der Waals surface area contributed by atoms with E-state index in [1.165, 1.54) is 42.3 Å². The molecule has 1 aromatic heterocycles. The maximum atomic E-state index is 4.85. The number of para-hydroxylation sites is 1. The van der Waals surface area contributed by atoms with Crippen LogP contribution in [0.15, 0.2) is 24.3 Å². The predicted molar refractivity (Wildman–Crippen MR) is 86.2 cm³/mol. The number of hydrogen-bond acceptors (Lipinski definition) is 2. The molecule has 112 valence electrons. The van der Waals surface area contributed by atoms with Crippen molar-refractivity contribution in [2.75, 3.05) is 13.6 Å². The number of hydrogen-bond donors (Lipinski definition) is 1. The summed E-state index contributed by atoms with van der Waals surface area (Å²) in [5, 5.41) is 9.67. The van der Waals surface area contributed by atoms with Gasteiger partial charge in [0.05, 0.1) is 11.2 Å². The van der Waals surface area contributed by atoms with E-state index in [9.17, 15) is 0 Å². The van der Waals surface area contributed by atoms with E-state index in [2.05, 4.69) is 43.7 Å². The lowest BCUT2D eigenvalue weighted by atomic mass is 9.70. The Labute approximate surface area is 126 Å². The number of benzene rings is 1. The number of nitrogens with one attached hydrogen (secondary N) is 1. The fourth-order valence-corrected chi connectivity index (χ4v) is 5.16. The highest BCUT2D eigenvalue weighted by Crippen LogP contribution is 2.57. The summed E-state index contributed by atoms with van der Waals surface area (Å²) in [6.07, 6.45) is 6.86. The number of aromatic nitrogens is 2. The molecule has 3 atom stereocenters. The standard InChI is InChI=1S/C18H25N3/c1-19-12-18(10-13-7-8-14(18)9-13)11-16-15-5-3-4-6-17(15)21(2)20-16/h3-6,13-14,19H,7-12H2,1-2H3. The summed E-state index contributed by atoms with van der Waals surface area (Å²) in [4.78, 5) is 0. The SMILES string of the molecule is CNCC1(Cc2nn(C)c3ccccc23)CC2CCC1C2. The second-order valence-corrected chi connectivity index (χ2v) is 7.24. The molecule has 1 heterocycles. The zero-order chi connectivity index (χ0) is 14.4. The number of rotatable bonds is 4. The average molecular weight is 283 g/mol. The van der Waals surface area contributed by atoms with E-state index in [-0.39, 0.29) is 0 Å². The first-order chi connectivity index (χ1) is 10.2. The van der Waals surface area contributed by atoms with Gasteiger partial charge in [-0.1, -0.05) is 24.6 Å². The molecule has 2 saturated carbocycles. The van der Waals surface area contributed by atoms with Crippen LogP contribution in [0.3, 0.4) is 0 Å². The number of fused-ring (bicyclic) bond motifs is 3. The third-order valence-corrected chi connectivity index (χ3v) is 5.99. The van der Waals surface area contributed by atoms with Gasteiger partial charge in [0.1, 0.15) is 0 Å². The van der Waals surface area contributed by atoms with Crippen molar-refractivity contribution in [1.82, 2.24) is 15.1 Å². The summed E-state index contributed by atoms with van der Waals surface area (Å²) in [6.45, 7) is 1.14. The van der Waals surface area contributed by atoms with Gasteiger partial charge in [0.25, 0.3) is 0 Å². The van der Waals surface area contributed by atoms with Crippen LogP contribution in [0.25, 0.3) is 10.9 Å². The van der Waals surface area contributed by atoms with Crippen molar-refractivity contribution < 1.29 is 0 Å². The first-order valence-electron chi connectivity index (χ1n) is 8.27. The van der Waals surface area contributed by atoms with Gasteiger partial charge in [0.15, 0.2) is 0 Å². The molecule has 2 aromatic rings. The number of nitrogens with zero attached hydrogens (tertiary/aromatic N) is 2. The fourth-order valence-electron chi connectivity index (χ4n) is 5.16. The lowest BCUT2D eigenvalue weighted by molar-refractivity contribution is 0.158. The molecule has 0 aliphatic heterocycles. The smallest absolute Gasteiger partial charge is 0.0709 e. The van der Waals surface area contributed by atoms with Crippen LogP contribution in [0, 0.1) is 17.3 Å². The minimum atomic E-state index is 0.439. The summed E-state index contributed by atoms with van der Waals surface area (Å²) in [7, 11) is 4.17. The Morgan fingerprint density at radius 2 is 2.19 bits per heavy atom. The molecule has 4 rings (SSSR count). The van der Waals surface area contributed by atoms with E-state index in [4.69, 9.17) is 5.10 Å². The lowest BCUT2D eigenvalue weighted by Gasteiger charge is -2.37. The largest absolute Gasteiger partial charge is 0.319 e. The van der Waals surface area contributed by atoms with Gasteiger partial charge in [0, 0.05) is 19.0 Å². The van der Waals surface area contributed by atoms with Gasteiger partial charge < -0.3 is 5.32 Å². The van der Waals surface area contributed by atoms with Crippen molar-refractivity contribution in [1.29, 1.82) is 0 Å². The predicted octanol–water partition coefficient (Wildman–Crippen LogP) is 3.14. The Kier molecular flexibility index (Phi) is 3.07. The summed E-state index contributed by atoms with van der Waals surface area (Å²) < 4.78 is 2.05. The van der Waals surface area contributed by atoms with Crippen molar-refractivity contribution in [2.24, 2.45) is 24.3 Å². The van der Waals surface area contributed by atoms with E-state index >= 15 is 0 Å². The summed E-state index contributed by atoms with van der Waals surface area (Å²) in [5.74, 6) is 1.87. The topological polar surface area (TPSA) is 29.9 Å². The van der Waals surface area contributed by atoms with Crippen LogP contribution in [0.2, 0.25) is 0 Å². The summed E-state index contributed by atoms with van der Waals surface area (Å²) in [6, 6.07) is 8.66. The molecule has 0 saturated heterocycles. The van der Waals surface area contributed by atoms with Crippen LogP contribution in [-0.2, 0) is 13.5 Å². The van der Waals surface area contributed by atoms with Gasteiger partial charge in [-0.25, -0.2) is 0 Å². The second-order valence-electron chi connectivity index (χ2n) is 7.24. The van der Waals surface area contributed by atoms with Crippen LogP contribution >= 0.6 is 0 Å². The van der Waals surface area contributed by atoms with Gasteiger partial charge in [-0.15, -0.1) is 0 Å². The van der Waals surface area contributed by atoms with Crippen molar-refractivity contribution in [2.45, 2.75) is 32.1 Å². The molecule has 2 aliphatic carbocycles. The van der Waals surface area contributed by atoms with Gasteiger partial charge in [-0.05, 0) is 56.0 Å². The molecule has 2 fully saturated rings. The summed E-state index contributed by atoms with van der Waals surface area (Å²) in [5.41, 5.74) is 3.00. The van der Waals surface area contributed by atoms with Crippen LogP contribution in [0.4, 0.5) is 0 Å². The molecular formula is C18H25N3. The van der Waals surface area contributed by atoms with E-state index in [1.54, 1.807) is 0 Å². The molecule has 1 aromatic carbocycles. The van der Waals surface area contributed by atoms with Crippen LogP contribution in [0.5, 0.6) is 0 Å². The van der Waals surface area contributed by atoms with E-state index < -0.39 is 0 Å². The van der Waals surface area contributed by atoms with Gasteiger partial charge in [-0.2, -0.15) is 5.10 Å². The van der Waals surface area contributed by atoms with E-state index in [0.717, 1.165) is 24.8 Å². The van der Waals surface area contributed by atoms with Gasteiger partial charge in [0.2, 0.25) is 0 Å². The van der Waals surface area contributed by atoms with Crippen molar-refractivity contribution in [3.63, 3.8) is 0 Å². The molecule has 2 aliphatic rings. The molecule has 0 radical (unpaired) electrons. The third kappa shape index (κ3) is 2.02. The Hall–Kier alpha value is -1.35. The molecule has 1 N–H and O–H groups in total. The number of aryl methyl sites for hydroxylation is 1. The summed E-state index contributed by atoms with van der Waals surface area (Å²) >= 11 is 0. The highest BCUT2D eigenvalue weighted by molar-refractivity contribution is 5.81. The highest BCUT2D eigenvalue weighted by atomic mass is 15.3. The first-order valence-corrected chi connectivity index (χ1v) is 8.27. The van der Waals surface area contributed by atoms with Crippen LogP contribution in [0.1, 0.15) is 31.4 Å². The minimum Gasteiger partial charge on any atom is -0.319 e. The van der Waals surface area contributed by atoms with Crippen LogP contribution in [-0.4, -0.2) is 23.4 Å². The maximum absolute atomic E-state index is 4.85. The molecule has 3 unspecified atom stereocenters. The molecule has 0 spiro atoms. The quantitative estimate of drug-likeness (QED) is 0.934. The van der Waals surface area contributed by atoms with Crippen molar-refractivity contribution in [3.8, 4) is 0 Å². The monoisotopic (exact) mass is 283 g/mol. The second kappa shape index (κ2) is 4.84. The zero-order valence-electron chi connectivity index (χ0n) is 13.1. The lowest BCUT2D eigenvalue weighted by Crippen LogP contribution is -2.39. The highest BCUT2D eigenvalue weighted by Gasteiger charge is 2.50. The van der Waals surface area contributed by atoms with E-state index in [0.29, 0.717) is 5.41 Å². The zero-order valence-corrected chi connectivity index (χ0v) is 13.1. The molecule has 2 bridgehead atoms. The Bertz CT molecular complexity index is 660.